The van der Waals surface area contributed by atoms with Gasteiger partial charge in [-0.1, -0.05) is 6.07 Å². The van der Waals surface area contributed by atoms with Crippen LogP contribution in [0.1, 0.15) is 34.3 Å². The summed E-state index contributed by atoms with van der Waals surface area (Å²) in [6, 6.07) is 5.66. The van der Waals surface area contributed by atoms with Crippen LogP contribution in [0.25, 0.3) is 0 Å². The van der Waals surface area contributed by atoms with E-state index in [4.69, 9.17) is 5.11 Å². The van der Waals surface area contributed by atoms with Gasteiger partial charge >= 0.3 is 0 Å². The first-order valence-electron chi connectivity index (χ1n) is 5.57. The Morgan fingerprint density at radius 3 is 2.56 bits per heavy atom. The number of amides is 1. The van der Waals surface area contributed by atoms with Gasteiger partial charge in [0.2, 0.25) is 0 Å². The first-order chi connectivity index (χ1) is 7.56. The molecule has 2 rings (SSSR count). The third-order valence-corrected chi connectivity index (χ3v) is 3.30. The number of nitrogens with one attached hydrogen (secondary N) is 1. The molecule has 0 heterocycles. The smallest absolute Gasteiger partial charge is 0.251 e. The number of aliphatic hydroxyl groups is 1. The lowest BCUT2D eigenvalue weighted by Crippen LogP contribution is -2.39. The second-order valence-electron chi connectivity index (χ2n) is 4.69. The summed E-state index contributed by atoms with van der Waals surface area (Å²) >= 11 is 0. The van der Waals surface area contributed by atoms with E-state index >= 15 is 0 Å². The Morgan fingerprint density at radius 1 is 1.38 bits per heavy atom. The van der Waals surface area contributed by atoms with Gasteiger partial charge in [0.1, 0.15) is 0 Å². The summed E-state index contributed by atoms with van der Waals surface area (Å²) in [7, 11) is 0. The maximum absolute atomic E-state index is 11.9. The molecule has 3 heteroatoms. The Bertz CT molecular complexity index is 422. The van der Waals surface area contributed by atoms with Crippen LogP contribution in [0.2, 0.25) is 0 Å². The summed E-state index contributed by atoms with van der Waals surface area (Å²) in [6.07, 6.45) is 1.75. The molecule has 0 aromatic heterocycles. The molecular formula is C13H17NO2. The average molecular weight is 219 g/mol. The summed E-state index contributed by atoms with van der Waals surface area (Å²) in [4.78, 5) is 11.9. The fourth-order valence-electron chi connectivity index (χ4n) is 1.67. The molecule has 0 bridgehead atoms. The third-order valence-electron chi connectivity index (χ3n) is 3.30. The molecule has 1 aliphatic carbocycles. The Morgan fingerprint density at radius 2 is 2.06 bits per heavy atom. The Labute approximate surface area is 95.5 Å². The molecule has 0 unspecified atom stereocenters. The Balaban J connectivity index is 2.12. The third kappa shape index (κ3) is 2.09. The summed E-state index contributed by atoms with van der Waals surface area (Å²) in [5, 5.41) is 12.0. The van der Waals surface area contributed by atoms with E-state index in [1.54, 1.807) is 0 Å². The molecule has 0 radical (unpaired) electrons. The molecule has 3 nitrogen and oxygen atoms in total. The second kappa shape index (κ2) is 3.91. The van der Waals surface area contributed by atoms with E-state index in [-0.39, 0.29) is 18.1 Å². The molecule has 1 fully saturated rings. The van der Waals surface area contributed by atoms with Crippen LogP contribution in [0, 0.1) is 13.8 Å². The quantitative estimate of drug-likeness (QED) is 0.810. The number of hydrogen-bond donors (Lipinski definition) is 2. The number of hydrogen-bond acceptors (Lipinski definition) is 2. The number of benzene rings is 1. The first kappa shape index (κ1) is 11.1. The molecule has 86 valence electrons. The lowest BCUT2D eigenvalue weighted by molar-refractivity contribution is 0.0906. The topological polar surface area (TPSA) is 49.3 Å². The van der Waals surface area contributed by atoms with Crippen LogP contribution in [0.3, 0.4) is 0 Å². The van der Waals surface area contributed by atoms with Gasteiger partial charge in [-0.3, -0.25) is 4.79 Å². The van der Waals surface area contributed by atoms with E-state index in [9.17, 15) is 4.79 Å². The van der Waals surface area contributed by atoms with Gasteiger partial charge in [0, 0.05) is 5.56 Å². The molecule has 0 spiro atoms. The van der Waals surface area contributed by atoms with Gasteiger partial charge in [-0.15, -0.1) is 0 Å². The SMILES string of the molecule is Cc1ccc(C(=O)NC2(CO)CC2)cc1C. The van der Waals surface area contributed by atoms with Gasteiger partial charge in [0.25, 0.3) is 5.91 Å². The summed E-state index contributed by atoms with van der Waals surface area (Å²) in [5.74, 6) is -0.0883. The van der Waals surface area contributed by atoms with Crippen LogP contribution in [0.15, 0.2) is 18.2 Å². The van der Waals surface area contributed by atoms with E-state index in [0.717, 1.165) is 18.4 Å². The zero-order valence-corrected chi connectivity index (χ0v) is 9.71. The Kier molecular flexibility index (Phi) is 2.72. The fourth-order valence-corrected chi connectivity index (χ4v) is 1.67. The van der Waals surface area contributed by atoms with E-state index in [1.165, 1.54) is 5.56 Å². The molecule has 2 N–H and O–H groups in total. The molecule has 1 aromatic carbocycles. The van der Waals surface area contributed by atoms with Crippen molar-refractivity contribution in [1.29, 1.82) is 0 Å². The number of carbonyl (C=O) groups is 1. The van der Waals surface area contributed by atoms with Crippen molar-refractivity contribution in [3.8, 4) is 0 Å². The fraction of sp³-hybridized carbons (Fsp3) is 0.462. The van der Waals surface area contributed by atoms with Crippen molar-refractivity contribution < 1.29 is 9.90 Å². The number of aliphatic hydroxyl groups excluding tert-OH is 1. The highest BCUT2D eigenvalue weighted by atomic mass is 16.3. The Hall–Kier alpha value is -1.35. The van der Waals surface area contributed by atoms with Crippen LogP contribution >= 0.6 is 0 Å². The van der Waals surface area contributed by atoms with Gasteiger partial charge in [-0.25, -0.2) is 0 Å². The molecule has 1 aliphatic rings. The van der Waals surface area contributed by atoms with E-state index in [2.05, 4.69) is 5.32 Å². The number of aryl methyl sites for hydroxylation is 2. The average Bonchev–Trinajstić information content (AvgIpc) is 3.02. The maximum Gasteiger partial charge on any atom is 0.251 e. The molecular weight excluding hydrogens is 202 g/mol. The second-order valence-corrected chi connectivity index (χ2v) is 4.69. The molecule has 0 saturated heterocycles. The first-order valence-corrected chi connectivity index (χ1v) is 5.57. The van der Waals surface area contributed by atoms with Gasteiger partial charge in [-0.05, 0) is 49.9 Å². The highest BCUT2D eigenvalue weighted by molar-refractivity contribution is 5.95. The number of carbonyl (C=O) groups excluding carboxylic acids is 1. The van der Waals surface area contributed by atoms with Crippen LogP contribution in [-0.4, -0.2) is 23.2 Å². The predicted molar refractivity (Wildman–Crippen MR) is 62.4 cm³/mol. The normalized spacial score (nSPS) is 16.9. The minimum Gasteiger partial charge on any atom is -0.394 e. The van der Waals surface area contributed by atoms with Crippen molar-refractivity contribution in [2.45, 2.75) is 32.2 Å². The summed E-state index contributed by atoms with van der Waals surface area (Å²) in [5.41, 5.74) is 2.62. The summed E-state index contributed by atoms with van der Waals surface area (Å²) < 4.78 is 0. The largest absolute Gasteiger partial charge is 0.394 e. The number of rotatable bonds is 3. The molecule has 16 heavy (non-hydrogen) atoms. The molecule has 1 amide bonds. The zero-order valence-electron chi connectivity index (χ0n) is 9.71. The predicted octanol–water partition coefficient (Wildman–Crippen LogP) is 1.56. The minimum absolute atomic E-state index is 0.0313. The molecule has 0 atom stereocenters. The lowest BCUT2D eigenvalue weighted by Gasteiger charge is -2.14. The molecule has 0 aliphatic heterocycles. The van der Waals surface area contributed by atoms with Crippen LogP contribution in [0.5, 0.6) is 0 Å². The van der Waals surface area contributed by atoms with Crippen molar-refractivity contribution in [3.63, 3.8) is 0 Å². The van der Waals surface area contributed by atoms with Crippen molar-refractivity contribution >= 4 is 5.91 Å². The zero-order chi connectivity index (χ0) is 11.8. The van der Waals surface area contributed by atoms with Crippen LogP contribution in [0.4, 0.5) is 0 Å². The van der Waals surface area contributed by atoms with E-state index in [0.29, 0.717) is 5.56 Å². The van der Waals surface area contributed by atoms with Gasteiger partial charge in [0.15, 0.2) is 0 Å². The van der Waals surface area contributed by atoms with Crippen molar-refractivity contribution in [2.75, 3.05) is 6.61 Å². The van der Waals surface area contributed by atoms with Crippen molar-refractivity contribution in [3.05, 3.63) is 34.9 Å². The minimum atomic E-state index is -0.337. The highest BCUT2D eigenvalue weighted by Crippen LogP contribution is 2.34. The highest BCUT2D eigenvalue weighted by Gasteiger charge is 2.43. The molecule has 1 saturated carbocycles. The summed E-state index contributed by atoms with van der Waals surface area (Å²) in [6.45, 7) is 4.04. The van der Waals surface area contributed by atoms with Gasteiger partial charge < -0.3 is 10.4 Å². The van der Waals surface area contributed by atoms with Crippen molar-refractivity contribution in [2.24, 2.45) is 0 Å². The monoisotopic (exact) mass is 219 g/mol. The molecule has 1 aromatic rings. The lowest BCUT2D eigenvalue weighted by atomic mass is 10.1. The van der Waals surface area contributed by atoms with Crippen LogP contribution < -0.4 is 5.32 Å². The van der Waals surface area contributed by atoms with E-state index < -0.39 is 0 Å². The standard InChI is InChI=1S/C13H17NO2/c1-9-3-4-11(7-10(9)2)12(16)14-13(8-15)5-6-13/h3-4,7,15H,5-6,8H2,1-2H3,(H,14,16). The van der Waals surface area contributed by atoms with Gasteiger partial charge in [0.05, 0.1) is 12.1 Å². The van der Waals surface area contributed by atoms with Gasteiger partial charge in [-0.2, -0.15) is 0 Å². The van der Waals surface area contributed by atoms with Crippen molar-refractivity contribution in [1.82, 2.24) is 5.32 Å². The van der Waals surface area contributed by atoms with E-state index in [1.807, 2.05) is 32.0 Å². The van der Waals surface area contributed by atoms with Crippen LogP contribution in [-0.2, 0) is 0 Å². The maximum atomic E-state index is 11.9.